The molecule has 0 spiro atoms. The molecular weight excluding hydrogens is 206 g/mol. The largest absolute Gasteiger partial charge is 0.325 e. The van der Waals surface area contributed by atoms with Gasteiger partial charge in [-0.2, -0.15) is 0 Å². The van der Waals surface area contributed by atoms with Gasteiger partial charge >= 0.3 is 0 Å². The van der Waals surface area contributed by atoms with E-state index in [2.05, 4.69) is 9.97 Å². The van der Waals surface area contributed by atoms with Gasteiger partial charge < -0.3 is 5.73 Å². The smallest absolute Gasteiger partial charge is 0.187 e. The van der Waals surface area contributed by atoms with Crippen molar-refractivity contribution >= 4 is 11.8 Å². The summed E-state index contributed by atoms with van der Waals surface area (Å²) in [5, 5.41) is 0.871. The second kappa shape index (κ2) is 4.94. The van der Waals surface area contributed by atoms with Crippen LogP contribution in [0.15, 0.2) is 5.16 Å². The van der Waals surface area contributed by atoms with Gasteiger partial charge in [0.25, 0.3) is 0 Å². The van der Waals surface area contributed by atoms with Gasteiger partial charge in [-0.1, -0.05) is 18.2 Å². The van der Waals surface area contributed by atoms with E-state index in [0.29, 0.717) is 6.54 Å². The molecule has 82 valence electrons. The third-order valence-corrected chi connectivity index (χ3v) is 3.42. The number of nitrogens with two attached hydrogens (primary N) is 1. The third-order valence-electron chi connectivity index (χ3n) is 2.87. The SMILES string of the molecule is CSc1nc(CN)c2c(n1)CCCCC2. The van der Waals surface area contributed by atoms with Crippen LogP contribution in [-0.2, 0) is 19.4 Å². The summed E-state index contributed by atoms with van der Waals surface area (Å²) in [7, 11) is 0. The van der Waals surface area contributed by atoms with Gasteiger partial charge in [0, 0.05) is 12.2 Å². The monoisotopic (exact) mass is 223 g/mol. The summed E-state index contributed by atoms with van der Waals surface area (Å²) in [6, 6.07) is 0. The van der Waals surface area contributed by atoms with E-state index in [0.717, 1.165) is 23.7 Å². The van der Waals surface area contributed by atoms with E-state index < -0.39 is 0 Å². The van der Waals surface area contributed by atoms with Crippen molar-refractivity contribution in [3.05, 3.63) is 17.0 Å². The van der Waals surface area contributed by atoms with Crippen molar-refractivity contribution in [2.75, 3.05) is 6.26 Å². The first-order valence-electron chi connectivity index (χ1n) is 5.48. The first-order valence-corrected chi connectivity index (χ1v) is 6.70. The van der Waals surface area contributed by atoms with Crippen LogP contribution in [0.1, 0.15) is 36.2 Å². The predicted octanol–water partition coefficient (Wildman–Crippen LogP) is 1.93. The number of hydrogen-bond donors (Lipinski definition) is 1. The third kappa shape index (κ3) is 2.32. The second-order valence-corrected chi connectivity index (χ2v) is 4.62. The number of thioether (sulfide) groups is 1. The van der Waals surface area contributed by atoms with Crippen LogP contribution >= 0.6 is 11.8 Å². The molecule has 0 fully saturated rings. The molecule has 1 aliphatic rings. The van der Waals surface area contributed by atoms with Gasteiger partial charge in [0.05, 0.1) is 5.69 Å². The fraction of sp³-hybridized carbons (Fsp3) is 0.636. The van der Waals surface area contributed by atoms with E-state index >= 15 is 0 Å². The summed E-state index contributed by atoms with van der Waals surface area (Å²) in [4.78, 5) is 9.09. The molecule has 0 aliphatic heterocycles. The van der Waals surface area contributed by atoms with Crippen LogP contribution in [0.4, 0.5) is 0 Å². The van der Waals surface area contributed by atoms with Crippen LogP contribution in [0.2, 0.25) is 0 Å². The number of aromatic nitrogens is 2. The first-order chi connectivity index (χ1) is 7.35. The fourth-order valence-electron chi connectivity index (χ4n) is 2.08. The zero-order valence-electron chi connectivity index (χ0n) is 9.12. The summed E-state index contributed by atoms with van der Waals surface area (Å²) >= 11 is 1.60. The average molecular weight is 223 g/mol. The highest BCUT2D eigenvalue weighted by molar-refractivity contribution is 7.98. The van der Waals surface area contributed by atoms with Crippen molar-refractivity contribution in [1.82, 2.24) is 9.97 Å². The predicted molar refractivity (Wildman–Crippen MR) is 63.0 cm³/mol. The second-order valence-electron chi connectivity index (χ2n) is 3.85. The summed E-state index contributed by atoms with van der Waals surface area (Å²) in [6.45, 7) is 0.540. The van der Waals surface area contributed by atoms with Gasteiger partial charge in [-0.3, -0.25) is 0 Å². The lowest BCUT2D eigenvalue weighted by molar-refractivity contribution is 0.707. The molecule has 3 nitrogen and oxygen atoms in total. The van der Waals surface area contributed by atoms with E-state index in [1.807, 2.05) is 6.26 Å². The number of nitrogens with zero attached hydrogens (tertiary/aromatic N) is 2. The Morgan fingerprint density at radius 2 is 2.00 bits per heavy atom. The van der Waals surface area contributed by atoms with Crippen LogP contribution in [0.25, 0.3) is 0 Å². The van der Waals surface area contributed by atoms with E-state index in [-0.39, 0.29) is 0 Å². The number of hydrogen-bond acceptors (Lipinski definition) is 4. The van der Waals surface area contributed by atoms with Gasteiger partial charge in [0.1, 0.15) is 0 Å². The molecule has 2 rings (SSSR count). The minimum atomic E-state index is 0.540. The summed E-state index contributed by atoms with van der Waals surface area (Å²) in [5.74, 6) is 0. The van der Waals surface area contributed by atoms with E-state index in [9.17, 15) is 0 Å². The Labute approximate surface area is 94.9 Å². The fourth-order valence-corrected chi connectivity index (χ4v) is 2.49. The molecule has 0 unspecified atom stereocenters. The zero-order chi connectivity index (χ0) is 10.7. The Bertz CT molecular complexity index is 352. The van der Waals surface area contributed by atoms with E-state index in [4.69, 9.17) is 5.73 Å². The van der Waals surface area contributed by atoms with Crippen LogP contribution in [0.5, 0.6) is 0 Å². The zero-order valence-corrected chi connectivity index (χ0v) is 9.94. The molecule has 0 radical (unpaired) electrons. The van der Waals surface area contributed by atoms with Crippen molar-refractivity contribution in [2.45, 2.75) is 43.8 Å². The van der Waals surface area contributed by atoms with Gasteiger partial charge in [-0.25, -0.2) is 9.97 Å². The molecule has 0 saturated carbocycles. The Hall–Kier alpha value is -0.610. The molecule has 0 atom stereocenters. The van der Waals surface area contributed by atoms with Crippen LogP contribution in [0.3, 0.4) is 0 Å². The van der Waals surface area contributed by atoms with Crippen molar-refractivity contribution in [2.24, 2.45) is 5.73 Å². The quantitative estimate of drug-likeness (QED) is 0.473. The highest BCUT2D eigenvalue weighted by atomic mass is 32.2. The van der Waals surface area contributed by atoms with Gasteiger partial charge in [0.2, 0.25) is 0 Å². The summed E-state index contributed by atoms with van der Waals surface area (Å²) in [5.41, 5.74) is 9.38. The highest BCUT2D eigenvalue weighted by Gasteiger charge is 2.15. The highest BCUT2D eigenvalue weighted by Crippen LogP contribution is 2.23. The molecule has 2 N–H and O–H groups in total. The van der Waals surface area contributed by atoms with Crippen molar-refractivity contribution in [3.8, 4) is 0 Å². The number of fused-ring (bicyclic) bond motifs is 1. The lowest BCUT2D eigenvalue weighted by atomic mass is 10.1. The normalized spacial score (nSPS) is 15.9. The van der Waals surface area contributed by atoms with E-state index in [1.54, 1.807) is 11.8 Å². The standard InChI is InChI=1S/C11H17N3S/c1-15-11-13-9-6-4-2-3-5-8(9)10(7-12)14-11/h2-7,12H2,1H3. The molecule has 0 bridgehead atoms. The van der Waals surface area contributed by atoms with Crippen molar-refractivity contribution in [3.63, 3.8) is 0 Å². The maximum absolute atomic E-state index is 5.75. The van der Waals surface area contributed by atoms with Gasteiger partial charge in [0.15, 0.2) is 5.16 Å². The molecule has 15 heavy (non-hydrogen) atoms. The summed E-state index contributed by atoms with van der Waals surface area (Å²) < 4.78 is 0. The molecule has 0 saturated heterocycles. The lowest BCUT2D eigenvalue weighted by Crippen LogP contribution is -2.10. The maximum atomic E-state index is 5.75. The summed E-state index contributed by atoms with van der Waals surface area (Å²) in [6.07, 6.45) is 8.02. The van der Waals surface area contributed by atoms with Gasteiger partial charge in [-0.05, 0) is 37.5 Å². The molecular formula is C11H17N3S. The maximum Gasteiger partial charge on any atom is 0.187 e. The Morgan fingerprint density at radius 3 is 2.73 bits per heavy atom. The Balaban J connectivity index is 2.45. The molecule has 4 heteroatoms. The molecule has 1 aromatic rings. The molecule has 1 heterocycles. The minimum Gasteiger partial charge on any atom is -0.325 e. The number of aryl methyl sites for hydroxylation is 1. The Morgan fingerprint density at radius 1 is 1.20 bits per heavy atom. The van der Waals surface area contributed by atoms with Crippen LogP contribution in [0, 0.1) is 0 Å². The Kier molecular flexibility index (Phi) is 3.59. The first kappa shape index (κ1) is 10.9. The minimum absolute atomic E-state index is 0.540. The molecule has 0 aromatic carbocycles. The lowest BCUT2D eigenvalue weighted by Gasteiger charge is -2.10. The van der Waals surface area contributed by atoms with Crippen LogP contribution < -0.4 is 5.73 Å². The molecule has 0 amide bonds. The van der Waals surface area contributed by atoms with Crippen molar-refractivity contribution in [1.29, 1.82) is 0 Å². The molecule has 1 aromatic heterocycles. The molecule has 1 aliphatic carbocycles. The average Bonchev–Trinajstić information content (AvgIpc) is 2.52. The van der Waals surface area contributed by atoms with Crippen LogP contribution in [-0.4, -0.2) is 16.2 Å². The van der Waals surface area contributed by atoms with Gasteiger partial charge in [-0.15, -0.1) is 0 Å². The number of rotatable bonds is 2. The topological polar surface area (TPSA) is 51.8 Å². The van der Waals surface area contributed by atoms with E-state index in [1.165, 1.54) is 30.5 Å². The van der Waals surface area contributed by atoms with Crippen molar-refractivity contribution < 1.29 is 0 Å².